The Morgan fingerprint density at radius 3 is 2.70 bits per heavy atom. The Balaban J connectivity index is 1.86. The highest BCUT2D eigenvalue weighted by Gasteiger charge is 2.36. The van der Waals surface area contributed by atoms with Crippen LogP contribution in [0, 0.1) is 11.8 Å². The lowest BCUT2D eigenvalue weighted by Gasteiger charge is -2.41. The Morgan fingerprint density at radius 1 is 1.40 bits per heavy atom. The Hall–Kier alpha value is -0.810. The van der Waals surface area contributed by atoms with Gasteiger partial charge in [-0.25, -0.2) is 4.79 Å². The van der Waals surface area contributed by atoms with Crippen molar-refractivity contribution in [2.24, 2.45) is 11.8 Å². The molecule has 0 spiro atoms. The summed E-state index contributed by atoms with van der Waals surface area (Å²) in [6.07, 6.45) is 1.09. The molecule has 2 aliphatic heterocycles. The van der Waals surface area contributed by atoms with Crippen molar-refractivity contribution in [2.45, 2.75) is 45.8 Å². The molecule has 0 radical (unpaired) electrons. The van der Waals surface area contributed by atoms with Gasteiger partial charge in [-0.15, -0.1) is 0 Å². The van der Waals surface area contributed by atoms with E-state index in [9.17, 15) is 4.79 Å². The fourth-order valence-corrected chi connectivity index (χ4v) is 3.07. The Morgan fingerprint density at radius 2 is 2.15 bits per heavy atom. The van der Waals surface area contributed by atoms with Gasteiger partial charge in [0.05, 0.1) is 12.7 Å². The maximum atomic E-state index is 12.1. The van der Waals surface area contributed by atoms with Gasteiger partial charge in [-0.1, -0.05) is 6.92 Å². The first-order valence-corrected chi connectivity index (χ1v) is 7.67. The number of hydrogen-bond acceptors (Lipinski definition) is 4. The molecule has 3 unspecified atom stereocenters. The molecule has 2 heterocycles. The van der Waals surface area contributed by atoms with Gasteiger partial charge in [0.2, 0.25) is 0 Å². The van der Waals surface area contributed by atoms with E-state index >= 15 is 0 Å². The molecular formula is C15H28N2O3. The minimum absolute atomic E-state index is 0.189. The molecule has 5 nitrogen and oxygen atoms in total. The number of nitrogens with zero attached hydrogens (tertiary/aromatic N) is 1. The zero-order valence-electron chi connectivity index (χ0n) is 13.1. The maximum absolute atomic E-state index is 12.1. The molecule has 5 heteroatoms. The van der Waals surface area contributed by atoms with Crippen molar-refractivity contribution in [3.63, 3.8) is 0 Å². The second-order valence-electron chi connectivity index (χ2n) is 6.97. The number of hydrogen-bond donors (Lipinski definition) is 1. The molecule has 3 atom stereocenters. The van der Waals surface area contributed by atoms with E-state index in [1.165, 1.54) is 0 Å². The molecule has 0 aromatic rings. The van der Waals surface area contributed by atoms with E-state index in [1.54, 1.807) is 0 Å². The zero-order chi connectivity index (χ0) is 14.8. The molecule has 0 saturated carbocycles. The fourth-order valence-electron chi connectivity index (χ4n) is 3.07. The molecule has 116 valence electrons. The van der Waals surface area contributed by atoms with E-state index in [0.717, 1.165) is 39.2 Å². The highest BCUT2D eigenvalue weighted by atomic mass is 16.6. The average molecular weight is 284 g/mol. The normalized spacial score (nSPS) is 32.0. The standard InChI is InChI=1S/C15H28N2O3/c1-11-10-17(14(18)20-15(2,3)4)7-5-12(11)13-9-16-6-8-19-13/h11-13,16H,5-10H2,1-4H3. The quantitative estimate of drug-likeness (QED) is 0.798. The second kappa shape index (κ2) is 6.31. The predicted molar refractivity (Wildman–Crippen MR) is 77.7 cm³/mol. The molecule has 2 aliphatic rings. The van der Waals surface area contributed by atoms with E-state index in [1.807, 2.05) is 25.7 Å². The number of carbonyl (C=O) groups is 1. The van der Waals surface area contributed by atoms with Crippen LogP contribution in [0.5, 0.6) is 0 Å². The van der Waals surface area contributed by atoms with Crippen molar-refractivity contribution >= 4 is 6.09 Å². The van der Waals surface area contributed by atoms with Gasteiger partial charge < -0.3 is 19.7 Å². The van der Waals surface area contributed by atoms with Gasteiger partial charge in [0.25, 0.3) is 0 Å². The molecule has 0 aromatic heterocycles. The van der Waals surface area contributed by atoms with Gasteiger partial charge in [0.15, 0.2) is 0 Å². The Labute approximate surface area is 122 Å². The summed E-state index contributed by atoms with van der Waals surface area (Å²) in [4.78, 5) is 13.9. The number of carbonyl (C=O) groups excluding carboxylic acids is 1. The first kappa shape index (κ1) is 15.6. The Kier molecular flexibility index (Phi) is 4.91. The topological polar surface area (TPSA) is 50.8 Å². The molecule has 2 saturated heterocycles. The summed E-state index contributed by atoms with van der Waals surface area (Å²) >= 11 is 0. The third kappa shape index (κ3) is 4.09. The smallest absolute Gasteiger partial charge is 0.410 e. The highest BCUT2D eigenvalue weighted by Crippen LogP contribution is 2.29. The summed E-state index contributed by atoms with van der Waals surface area (Å²) in [5.74, 6) is 0.975. The van der Waals surface area contributed by atoms with Crippen LogP contribution in [0.25, 0.3) is 0 Å². The summed E-state index contributed by atoms with van der Waals surface area (Å²) < 4.78 is 11.3. The van der Waals surface area contributed by atoms with E-state index in [4.69, 9.17) is 9.47 Å². The van der Waals surface area contributed by atoms with Gasteiger partial charge in [-0.2, -0.15) is 0 Å². The third-order valence-electron chi connectivity index (χ3n) is 4.06. The van der Waals surface area contributed by atoms with Crippen LogP contribution >= 0.6 is 0 Å². The summed E-state index contributed by atoms with van der Waals surface area (Å²) in [6, 6.07) is 0. The molecule has 0 aromatic carbocycles. The van der Waals surface area contributed by atoms with Gasteiger partial charge >= 0.3 is 6.09 Å². The van der Waals surface area contributed by atoms with Crippen LogP contribution in [0.15, 0.2) is 0 Å². The van der Waals surface area contributed by atoms with Crippen molar-refractivity contribution in [2.75, 3.05) is 32.8 Å². The minimum atomic E-state index is -0.423. The molecule has 0 aliphatic carbocycles. The molecule has 2 rings (SSSR count). The van der Waals surface area contributed by atoms with E-state index in [0.29, 0.717) is 17.9 Å². The average Bonchev–Trinajstić information content (AvgIpc) is 2.37. The van der Waals surface area contributed by atoms with Crippen molar-refractivity contribution in [1.29, 1.82) is 0 Å². The lowest BCUT2D eigenvalue weighted by atomic mass is 9.82. The third-order valence-corrected chi connectivity index (χ3v) is 4.06. The van der Waals surface area contributed by atoms with Crippen LogP contribution in [0.4, 0.5) is 4.79 Å². The monoisotopic (exact) mass is 284 g/mol. The van der Waals surface area contributed by atoms with Crippen molar-refractivity contribution in [3.8, 4) is 0 Å². The SMILES string of the molecule is CC1CN(C(=O)OC(C)(C)C)CCC1C1CNCCO1. The molecule has 1 amide bonds. The summed E-state index contributed by atoms with van der Waals surface area (Å²) in [5.41, 5.74) is -0.423. The molecule has 1 N–H and O–H groups in total. The fraction of sp³-hybridized carbons (Fsp3) is 0.933. The van der Waals surface area contributed by atoms with E-state index in [-0.39, 0.29) is 6.09 Å². The summed E-state index contributed by atoms with van der Waals surface area (Å²) in [5, 5.41) is 3.39. The van der Waals surface area contributed by atoms with E-state index in [2.05, 4.69) is 12.2 Å². The lowest BCUT2D eigenvalue weighted by Crippen LogP contribution is -2.51. The van der Waals surface area contributed by atoms with Crippen molar-refractivity contribution in [1.82, 2.24) is 10.2 Å². The number of morpholine rings is 1. The summed E-state index contributed by atoms with van der Waals surface area (Å²) in [6.45, 7) is 12.1. The number of likely N-dealkylation sites (tertiary alicyclic amines) is 1. The number of amides is 1. The van der Waals surface area contributed by atoms with Crippen LogP contribution in [0.3, 0.4) is 0 Å². The van der Waals surface area contributed by atoms with Crippen molar-refractivity contribution < 1.29 is 14.3 Å². The highest BCUT2D eigenvalue weighted by molar-refractivity contribution is 5.68. The predicted octanol–water partition coefficient (Wildman–Crippen LogP) is 1.87. The number of piperidine rings is 1. The minimum Gasteiger partial charge on any atom is -0.444 e. The number of ether oxygens (including phenoxy) is 2. The molecule has 2 fully saturated rings. The van der Waals surface area contributed by atoms with Gasteiger partial charge in [-0.05, 0) is 39.0 Å². The van der Waals surface area contributed by atoms with Gasteiger partial charge in [-0.3, -0.25) is 0 Å². The summed E-state index contributed by atoms with van der Waals surface area (Å²) in [7, 11) is 0. The van der Waals surface area contributed by atoms with Crippen LogP contribution in [-0.2, 0) is 9.47 Å². The molecule has 0 bridgehead atoms. The number of rotatable bonds is 1. The molecular weight excluding hydrogens is 256 g/mol. The van der Waals surface area contributed by atoms with Crippen LogP contribution < -0.4 is 5.32 Å². The zero-order valence-corrected chi connectivity index (χ0v) is 13.1. The van der Waals surface area contributed by atoms with Crippen LogP contribution in [0.1, 0.15) is 34.1 Å². The first-order chi connectivity index (χ1) is 9.37. The Bertz CT molecular complexity index is 335. The van der Waals surface area contributed by atoms with Gasteiger partial charge in [0, 0.05) is 26.2 Å². The first-order valence-electron chi connectivity index (χ1n) is 7.67. The largest absolute Gasteiger partial charge is 0.444 e. The van der Waals surface area contributed by atoms with Gasteiger partial charge in [0.1, 0.15) is 5.60 Å². The van der Waals surface area contributed by atoms with Crippen molar-refractivity contribution in [3.05, 3.63) is 0 Å². The molecule has 20 heavy (non-hydrogen) atoms. The lowest BCUT2D eigenvalue weighted by molar-refractivity contribution is -0.0497. The van der Waals surface area contributed by atoms with E-state index < -0.39 is 5.60 Å². The second-order valence-corrected chi connectivity index (χ2v) is 6.97. The van der Waals surface area contributed by atoms with Crippen LogP contribution in [0.2, 0.25) is 0 Å². The number of nitrogens with one attached hydrogen (secondary N) is 1. The maximum Gasteiger partial charge on any atom is 0.410 e. The van der Waals surface area contributed by atoms with Crippen LogP contribution in [-0.4, -0.2) is 55.5 Å².